The third-order valence-electron chi connectivity index (χ3n) is 5.84. The Morgan fingerprint density at radius 2 is 1.77 bits per heavy atom. The number of aryl methyl sites for hydroxylation is 1. The van der Waals surface area contributed by atoms with E-state index in [0.717, 1.165) is 38.0 Å². The van der Waals surface area contributed by atoms with Gasteiger partial charge in [-0.2, -0.15) is 0 Å². The molecule has 2 aromatic rings. The minimum absolute atomic E-state index is 0.277. The maximum Gasteiger partial charge on any atom is 0.162 e. The van der Waals surface area contributed by atoms with E-state index in [9.17, 15) is 4.79 Å². The Morgan fingerprint density at radius 3 is 2.65 bits per heavy atom. The Labute approximate surface area is 156 Å². The molecular formula is C23H28N2O. The second-order valence-electron chi connectivity index (χ2n) is 7.56. The number of hydrogen-bond acceptors (Lipinski definition) is 3. The average Bonchev–Trinajstić information content (AvgIpc) is 2.71. The van der Waals surface area contributed by atoms with Crippen LogP contribution in [0.3, 0.4) is 0 Å². The molecule has 0 radical (unpaired) electrons. The van der Waals surface area contributed by atoms with Gasteiger partial charge >= 0.3 is 0 Å². The predicted octanol–water partition coefficient (Wildman–Crippen LogP) is 4.18. The monoisotopic (exact) mass is 348 g/mol. The molecule has 26 heavy (non-hydrogen) atoms. The summed E-state index contributed by atoms with van der Waals surface area (Å²) in [7, 11) is 0. The number of carbonyl (C=O) groups excluding carboxylic acids is 1. The van der Waals surface area contributed by atoms with E-state index < -0.39 is 0 Å². The first-order valence-corrected chi connectivity index (χ1v) is 9.96. The molecule has 0 saturated carbocycles. The number of nitrogens with zero attached hydrogens (tertiary/aromatic N) is 2. The van der Waals surface area contributed by atoms with Gasteiger partial charge in [-0.3, -0.25) is 9.69 Å². The van der Waals surface area contributed by atoms with Gasteiger partial charge in [-0.05, 0) is 43.9 Å². The van der Waals surface area contributed by atoms with Gasteiger partial charge in [0, 0.05) is 43.3 Å². The molecule has 0 N–H and O–H groups in total. The number of hydrogen-bond donors (Lipinski definition) is 0. The predicted molar refractivity (Wildman–Crippen MR) is 107 cm³/mol. The van der Waals surface area contributed by atoms with E-state index in [1.807, 2.05) is 30.3 Å². The molecule has 4 rings (SSSR count). The van der Waals surface area contributed by atoms with Crippen LogP contribution in [0.15, 0.2) is 54.6 Å². The summed E-state index contributed by atoms with van der Waals surface area (Å²) in [5, 5.41) is 0. The summed E-state index contributed by atoms with van der Waals surface area (Å²) in [5.41, 5.74) is 3.82. The summed E-state index contributed by atoms with van der Waals surface area (Å²) in [6, 6.07) is 19.2. The Hall–Kier alpha value is -2.13. The Balaban J connectivity index is 1.23. The van der Waals surface area contributed by atoms with Crippen LogP contribution in [0.2, 0.25) is 0 Å². The largest absolute Gasteiger partial charge is 0.366 e. The number of benzene rings is 2. The Kier molecular flexibility index (Phi) is 5.35. The molecule has 3 heteroatoms. The van der Waals surface area contributed by atoms with Gasteiger partial charge in [0.1, 0.15) is 0 Å². The minimum atomic E-state index is 0.277. The van der Waals surface area contributed by atoms with Crippen LogP contribution in [0, 0.1) is 0 Å². The normalized spacial score (nSPS) is 19.7. The van der Waals surface area contributed by atoms with E-state index in [4.69, 9.17) is 0 Å². The summed E-state index contributed by atoms with van der Waals surface area (Å²) in [5.74, 6) is 0.277. The molecule has 0 amide bonds. The van der Waals surface area contributed by atoms with Crippen LogP contribution < -0.4 is 4.90 Å². The minimum Gasteiger partial charge on any atom is -0.366 e. The fourth-order valence-corrected chi connectivity index (χ4v) is 4.40. The standard InChI is InChI=1S/C23H28N2O/c26-23(20-9-2-1-3-10-20)12-6-7-15-24-16-17-25-21(18-24)14-13-19-8-4-5-11-22(19)25/h1-5,8-11,21H,6-7,12-18H2/t21-/m1/s1. The number of ketones is 1. The number of anilines is 1. The van der Waals surface area contributed by atoms with E-state index in [1.165, 1.54) is 30.6 Å². The number of para-hydroxylation sites is 1. The lowest BCUT2D eigenvalue weighted by Crippen LogP contribution is -2.55. The van der Waals surface area contributed by atoms with E-state index in [1.54, 1.807) is 0 Å². The summed E-state index contributed by atoms with van der Waals surface area (Å²) in [6.45, 7) is 4.55. The quantitative estimate of drug-likeness (QED) is 0.578. The van der Waals surface area contributed by atoms with Crippen molar-refractivity contribution in [3.05, 3.63) is 65.7 Å². The second kappa shape index (κ2) is 8.05. The lowest BCUT2D eigenvalue weighted by atomic mass is 9.94. The van der Waals surface area contributed by atoms with Gasteiger partial charge in [-0.25, -0.2) is 0 Å². The maximum atomic E-state index is 12.2. The smallest absolute Gasteiger partial charge is 0.162 e. The number of piperazine rings is 1. The van der Waals surface area contributed by atoms with Crippen LogP contribution in [0.4, 0.5) is 5.69 Å². The molecule has 0 aliphatic carbocycles. The topological polar surface area (TPSA) is 23.6 Å². The molecule has 0 aromatic heterocycles. The summed E-state index contributed by atoms with van der Waals surface area (Å²) in [6.07, 6.45) is 5.24. The van der Waals surface area contributed by atoms with Crippen LogP contribution in [-0.2, 0) is 6.42 Å². The molecule has 1 fully saturated rings. The van der Waals surface area contributed by atoms with Crippen molar-refractivity contribution in [2.24, 2.45) is 0 Å². The van der Waals surface area contributed by atoms with Crippen molar-refractivity contribution in [3.8, 4) is 0 Å². The highest BCUT2D eigenvalue weighted by Gasteiger charge is 2.30. The zero-order valence-electron chi connectivity index (χ0n) is 15.4. The number of carbonyl (C=O) groups is 1. The zero-order valence-corrected chi connectivity index (χ0v) is 15.4. The third kappa shape index (κ3) is 3.83. The van der Waals surface area contributed by atoms with Crippen molar-refractivity contribution in [1.82, 2.24) is 4.90 Å². The van der Waals surface area contributed by atoms with Gasteiger partial charge in [0.25, 0.3) is 0 Å². The average molecular weight is 348 g/mol. The molecule has 2 aliphatic rings. The lowest BCUT2D eigenvalue weighted by molar-refractivity contribution is 0.0977. The van der Waals surface area contributed by atoms with Crippen molar-refractivity contribution in [1.29, 1.82) is 0 Å². The van der Waals surface area contributed by atoms with E-state index in [-0.39, 0.29) is 5.78 Å². The molecule has 1 atom stereocenters. The Morgan fingerprint density at radius 1 is 0.962 bits per heavy atom. The van der Waals surface area contributed by atoms with Gasteiger partial charge in [0.2, 0.25) is 0 Å². The van der Waals surface area contributed by atoms with E-state index in [2.05, 4.69) is 34.1 Å². The van der Waals surface area contributed by atoms with Gasteiger partial charge < -0.3 is 4.90 Å². The van der Waals surface area contributed by atoms with Crippen LogP contribution >= 0.6 is 0 Å². The highest BCUT2D eigenvalue weighted by molar-refractivity contribution is 5.95. The van der Waals surface area contributed by atoms with E-state index >= 15 is 0 Å². The van der Waals surface area contributed by atoms with Crippen LogP contribution in [0.25, 0.3) is 0 Å². The first-order valence-electron chi connectivity index (χ1n) is 9.96. The fraction of sp³-hybridized carbons (Fsp3) is 0.435. The molecular weight excluding hydrogens is 320 g/mol. The van der Waals surface area contributed by atoms with Gasteiger partial charge in [0.15, 0.2) is 5.78 Å². The van der Waals surface area contributed by atoms with Gasteiger partial charge in [0.05, 0.1) is 0 Å². The Bertz CT molecular complexity index is 743. The number of unbranched alkanes of at least 4 members (excludes halogenated alkanes) is 1. The third-order valence-corrected chi connectivity index (χ3v) is 5.84. The number of Topliss-reactive ketones (excluding diaryl/α,β-unsaturated/α-hetero) is 1. The summed E-state index contributed by atoms with van der Waals surface area (Å²) in [4.78, 5) is 17.4. The maximum absolute atomic E-state index is 12.2. The molecule has 136 valence electrons. The summed E-state index contributed by atoms with van der Waals surface area (Å²) >= 11 is 0. The highest BCUT2D eigenvalue weighted by atomic mass is 16.1. The summed E-state index contributed by atoms with van der Waals surface area (Å²) < 4.78 is 0. The van der Waals surface area contributed by atoms with Crippen molar-refractivity contribution in [3.63, 3.8) is 0 Å². The number of fused-ring (bicyclic) bond motifs is 3. The number of rotatable bonds is 6. The van der Waals surface area contributed by atoms with Gasteiger partial charge in [-0.1, -0.05) is 48.5 Å². The van der Waals surface area contributed by atoms with Crippen LogP contribution in [0.1, 0.15) is 41.6 Å². The van der Waals surface area contributed by atoms with Crippen molar-refractivity contribution in [2.45, 2.75) is 38.1 Å². The van der Waals surface area contributed by atoms with Crippen molar-refractivity contribution in [2.75, 3.05) is 31.1 Å². The lowest BCUT2D eigenvalue weighted by Gasteiger charge is -2.46. The molecule has 0 bridgehead atoms. The van der Waals surface area contributed by atoms with Crippen molar-refractivity contribution < 1.29 is 4.79 Å². The first-order chi connectivity index (χ1) is 12.8. The molecule has 3 nitrogen and oxygen atoms in total. The fourth-order valence-electron chi connectivity index (χ4n) is 4.40. The van der Waals surface area contributed by atoms with E-state index in [0.29, 0.717) is 12.5 Å². The SMILES string of the molecule is O=C(CCCCN1CCN2c3ccccc3CC[C@@H]2C1)c1ccccc1. The van der Waals surface area contributed by atoms with Gasteiger partial charge in [-0.15, -0.1) is 0 Å². The second-order valence-corrected chi connectivity index (χ2v) is 7.56. The molecule has 2 aliphatic heterocycles. The molecule has 1 saturated heterocycles. The van der Waals surface area contributed by atoms with Crippen LogP contribution in [-0.4, -0.2) is 42.9 Å². The molecule has 0 unspecified atom stereocenters. The zero-order chi connectivity index (χ0) is 17.8. The first kappa shape index (κ1) is 17.3. The highest BCUT2D eigenvalue weighted by Crippen LogP contribution is 2.32. The van der Waals surface area contributed by atoms with Crippen molar-refractivity contribution >= 4 is 11.5 Å². The van der Waals surface area contributed by atoms with Crippen LogP contribution in [0.5, 0.6) is 0 Å². The molecule has 2 heterocycles. The molecule has 0 spiro atoms. The molecule has 2 aromatic carbocycles.